The van der Waals surface area contributed by atoms with Crippen LogP contribution in [-0.4, -0.2) is 0 Å². The van der Waals surface area contributed by atoms with Crippen LogP contribution < -0.4 is 10.5 Å². The van der Waals surface area contributed by atoms with Crippen molar-refractivity contribution in [2.75, 3.05) is 5.73 Å². The first kappa shape index (κ1) is 12.9. The fraction of sp³-hybridized carbons (Fsp3) is 0.143. The molecular weight excluding hydrogens is 297 g/mol. The van der Waals surface area contributed by atoms with Gasteiger partial charge in [0.05, 0.1) is 10.2 Å². The minimum absolute atomic E-state index is 0.270. The molecule has 94 valence electrons. The number of anilines is 1. The van der Waals surface area contributed by atoms with Gasteiger partial charge >= 0.3 is 0 Å². The van der Waals surface area contributed by atoms with Crippen molar-refractivity contribution in [1.29, 1.82) is 0 Å². The maximum Gasteiger partial charge on any atom is 0.142 e. The molecule has 0 aliphatic heterocycles. The van der Waals surface area contributed by atoms with Gasteiger partial charge in [-0.25, -0.2) is 4.39 Å². The zero-order chi connectivity index (χ0) is 13.1. The van der Waals surface area contributed by atoms with Gasteiger partial charge in [0.15, 0.2) is 0 Å². The van der Waals surface area contributed by atoms with Crippen molar-refractivity contribution in [1.82, 2.24) is 0 Å². The number of nitrogens with two attached hydrogens (primary N) is 1. The molecule has 0 radical (unpaired) electrons. The third-order valence-electron chi connectivity index (χ3n) is 2.70. The third kappa shape index (κ3) is 2.64. The number of nitrogen functional groups attached to an aromatic ring is 1. The molecule has 2 rings (SSSR count). The molecule has 0 fully saturated rings. The molecule has 4 heteroatoms. The molecule has 0 unspecified atom stereocenters. The highest BCUT2D eigenvalue weighted by atomic mass is 79.9. The molecule has 0 saturated heterocycles. The van der Waals surface area contributed by atoms with Crippen LogP contribution in [0, 0.1) is 12.7 Å². The zero-order valence-corrected chi connectivity index (χ0v) is 11.5. The Morgan fingerprint density at radius 1 is 1.22 bits per heavy atom. The Morgan fingerprint density at radius 2 is 1.94 bits per heavy atom. The summed E-state index contributed by atoms with van der Waals surface area (Å²) in [6.07, 6.45) is 0. The van der Waals surface area contributed by atoms with Crippen LogP contribution in [0.2, 0.25) is 0 Å². The van der Waals surface area contributed by atoms with E-state index < -0.39 is 0 Å². The van der Waals surface area contributed by atoms with Crippen molar-refractivity contribution in [3.05, 3.63) is 57.8 Å². The number of hydrogen-bond donors (Lipinski definition) is 1. The number of aryl methyl sites for hydroxylation is 1. The van der Waals surface area contributed by atoms with Crippen LogP contribution in [-0.2, 0) is 6.61 Å². The van der Waals surface area contributed by atoms with Gasteiger partial charge in [-0.15, -0.1) is 0 Å². The van der Waals surface area contributed by atoms with Crippen molar-refractivity contribution in [2.24, 2.45) is 0 Å². The Morgan fingerprint density at radius 3 is 2.72 bits per heavy atom. The summed E-state index contributed by atoms with van der Waals surface area (Å²) in [6, 6.07) is 10.4. The van der Waals surface area contributed by atoms with E-state index in [-0.39, 0.29) is 12.4 Å². The summed E-state index contributed by atoms with van der Waals surface area (Å²) in [5, 5.41) is 0. The van der Waals surface area contributed by atoms with Gasteiger partial charge in [0.25, 0.3) is 0 Å². The van der Waals surface area contributed by atoms with Crippen molar-refractivity contribution >= 4 is 21.6 Å². The highest BCUT2D eigenvalue weighted by Crippen LogP contribution is 2.27. The van der Waals surface area contributed by atoms with E-state index in [9.17, 15) is 4.39 Å². The quantitative estimate of drug-likeness (QED) is 0.868. The predicted molar refractivity (Wildman–Crippen MR) is 74.0 cm³/mol. The predicted octanol–water partition coefficient (Wildman–Crippen LogP) is 4.06. The van der Waals surface area contributed by atoms with Gasteiger partial charge in [-0.1, -0.05) is 24.3 Å². The molecular formula is C14H13BrFNO. The summed E-state index contributed by atoms with van der Waals surface area (Å²) in [5.74, 6) is 0.319. The lowest BCUT2D eigenvalue weighted by atomic mass is 10.2. The molecule has 0 aliphatic rings. The highest BCUT2D eigenvalue weighted by Gasteiger charge is 2.07. The molecule has 0 atom stereocenters. The molecule has 2 nitrogen and oxygen atoms in total. The summed E-state index contributed by atoms with van der Waals surface area (Å²) in [7, 11) is 0. The number of ether oxygens (including phenoxy) is 1. The second-order valence-corrected chi connectivity index (χ2v) is 4.78. The molecule has 0 spiro atoms. The Kier molecular flexibility index (Phi) is 3.87. The van der Waals surface area contributed by atoms with Crippen LogP contribution in [0.4, 0.5) is 10.1 Å². The highest BCUT2D eigenvalue weighted by molar-refractivity contribution is 9.10. The maximum atomic E-state index is 13.3. The van der Waals surface area contributed by atoms with E-state index in [1.807, 2.05) is 19.1 Å². The van der Waals surface area contributed by atoms with Gasteiger partial charge in [-0.3, -0.25) is 0 Å². The molecule has 0 aromatic heterocycles. The topological polar surface area (TPSA) is 35.2 Å². The second-order valence-electron chi connectivity index (χ2n) is 3.99. The van der Waals surface area contributed by atoms with Crippen LogP contribution >= 0.6 is 15.9 Å². The number of para-hydroxylation sites is 1. The fourth-order valence-corrected chi connectivity index (χ4v) is 1.97. The van der Waals surface area contributed by atoms with Gasteiger partial charge in [-0.05, 0) is 40.5 Å². The van der Waals surface area contributed by atoms with Crippen LogP contribution in [0.3, 0.4) is 0 Å². The van der Waals surface area contributed by atoms with Crippen molar-refractivity contribution in [3.8, 4) is 5.75 Å². The monoisotopic (exact) mass is 309 g/mol. The molecule has 0 bridgehead atoms. The molecule has 0 aliphatic carbocycles. The van der Waals surface area contributed by atoms with Crippen molar-refractivity contribution < 1.29 is 9.13 Å². The lowest BCUT2D eigenvalue weighted by molar-refractivity contribution is 0.306. The molecule has 2 aromatic carbocycles. The number of hydrogen-bond acceptors (Lipinski definition) is 2. The van der Waals surface area contributed by atoms with Crippen LogP contribution in [0.1, 0.15) is 11.1 Å². The largest absolute Gasteiger partial charge is 0.487 e. The first-order chi connectivity index (χ1) is 8.59. The Labute approximate surface area is 114 Å². The van der Waals surface area contributed by atoms with Crippen molar-refractivity contribution in [2.45, 2.75) is 13.5 Å². The van der Waals surface area contributed by atoms with Crippen molar-refractivity contribution in [3.63, 3.8) is 0 Å². The summed E-state index contributed by atoms with van der Waals surface area (Å²) in [4.78, 5) is 0. The SMILES string of the molecule is Cc1cccc(OCc2cccc(F)c2Br)c1N. The van der Waals surface area contributed by atoms with Crippen LogP contribution in [0.5, 0.6) is 5.75 Å². The number of rotatable bonds is 3. The first-order valence-corrected chi connectivity index (χ1v) is 6.29. The summed E-state index contributed by atoms with van der Waals surface area (Å²) in [6.45, 7) is 2.19. The Hall–Kier alpha value is -1.55. The van der Waals surface area contributed by atoms with E-state index in [0.717, 1.165) is 11.1 Å². The average molecular weight is 310 g/mol. The van der Waals surface area contributed by atoms with Gasteiger partial charge in [0, 0.05) is 5.56 Å². The standard InChI is InChI=1S/C14H13BrFNO/c1-9-4-2-7-12(14(9)17)18-8-10-5-3-6-11(16)13(10)15/h2-7H,8,17H2,1H3. The van der Waals surface area contributed by atoms with Crippen LogP contribution in [0.15, 0.2) is 40.9 Å². The van der Waals surface area contributed by atoms with Gasteiger partial charge in [0.1, 0.15) is 18.2 Å². The first-order valence-electron chi connectivity index (χ1n) is 5.50. The van der Waals surface area contributed by atoms with E-state index in [4.69, 9.17) is 10.5 Å². The van der Waals surface area contributed by atoms with E-state index in [1.54, 1.807) is 18.2 Å². The lowest BCUT2D eigenvalue weighted by Crippen LogP contribution is -2.01. The van der Waals surface area contributed by atoms with E-state index in [0.29, 0.717) is 15.9 Å². The second kappa shape index (κ2) is 5.40. The van der Waals surface area contributed by atoms with E-state index >= 15 is 0 Å². The summed E-state index contributed by atoms with van der Waals surface area (Å²) < 4.78 is 19.4. The number of halogens is 2. The minimum atomic E-state index is -0.298. The molecule has 0 heterocycles. The molecule has 0 amide bonds. The van der Waals surface area contributed by atoms with Gasteiger partial charge < -0.3 is 10.5 Å². The number of benzene rings is 2. The third-order valence-corrected chi connectivity index (χ3v) is 3.59. The summed E-state index contributed by atoms with van der Waals surface area (Å²) in [5.41, 5.74) is 8.23. The average Bonchev–Trinajstić information content (AvgIpc) is 2.36. The normalized spacial score (nSPS) is 10.4. The molecule has 0 saturated carbocycles. The van der Waals surface area contributed by atoms with E-state index in [1.165, 1.54) is 6.07 Å². The minimum Gasteiger partial charge on any atom is -0.487 e. The van der Waals surface area contributed by atoms with Crippen LogP contribution in [0.25, 0.3) is 0 Å². The lowest BCUT2D eigenvalue weighted by Gasteiger charge is -2.11. The molecule has 2 N–H and O–H groups in total. The molecule has 18 heavy (non-hydrogen) atoms. The molecule has 2 aromatic rings. The zero-order valence-electron chi connectivity index (χ0n) is 9.91. The van der Waals surface area contributed by atoms with E-state index in [2.05, 4.69) is 15.9 Å². The Balaban J connectivity index is 2.17. The van der Waals surface area contributed by atoms with Gasteiger partial charge in [0.2, 0.25) is 0 Å². The summed E-state index contributed by atoms with van der Waals surface area (Å²) >= 11 is 3.20. The maximum absolute atomic E-state index is 13.3. The fourth-order valence-electron chi connectivity index (χ4n) is 1.60. The Bertz CT molecular complexity index is 520. The van der Waals surface area contributed by atoms with Gasteiger partial charge in [-0.2, -0.15) is 0 Å². The smallest absolute Gasteiger partial charge is 0.142 e.